The molecule has 9 heteroatoms. The number of imidazole rings is 1. The number of thioether (sulfide) groups is 1. The van der Waals surface area contributed by atoms with Gasteiger partial charge < -0.3 is 14.5 Å². The summed E-state index contributed by atoms with van der Waals surface area (Å²) >= 11 is 2.50. The van der Waals surface area contributed by atoms with Crippen LogP contribution in [0.15, 0.2) is 41.3 Å². The Balaban J connectivity index is 0.00000192. The summed E-state index contributed by atoms with van der Waals surface area (Å²) in [5.74, 6) is -0.581. The second-order valence-electron chi connectivity index (χ2n) is 4.53. The number of hydrogen-bond donors (Lipinski definition) is 0. The van der Waals surface area contributed by atoms with E-state index < -0.39 is 5.97 Å². The quantitative estimate of drug-likeness (QED) is 0.418. The third kappa shape index (κ3) is 4.42. The Hall–Kier alpha value is -1.19. The van der Waals surface area contributed by atoms with Gasteiger partial charge in [-0.1, -0.05) is 29.2 Å². The van der Waals surface area contributed by atoms with Crippen molar-refractivity contribution >= 4 is 29.1 Å². The van der Waals surface area contributed by atoms with Crippen LogP contribution in [0.2, 0.25) is 0 Å². The average Bonchev–Trinajstić information content (AvgIpc) is 3.17. The van der Waals surface area contributed by atoms with Gasteiger partial charge in [0, 0.05) is 23.8 Å². The van der Waals surface area contributed by atoms with Crippen molar-refractivity contribution in [3.8, 4) is 5.69 Å². The minimum Gasteiger partial charge on any atom is -0.542 e. The Labute approximate surface area is 163 Å². The predicted octanol–water partition coefficient (Wildman–Crippen LogP) is -1.31. The molecule has 2 aromatic heterocycles. The molecule has 0 unspecified atom stereocenters. The van der Waals surface area contributed by atoms with E-state index in [1.165, 1.54) is 17.3 Å². The molecule has 0 bridgehead atoms. The van der Waals surface area contributed by atoms with E-state index in [1.54, 1.807) is 12.5 Å². The molecule has 0 saturated carbocycles. The summed E-state index contributed by atoms with van der Waals surface area (Å²) in [5.41, 5.74) is 3.38. The van der Waals surface area contributed by atoms with Crippen LogP contribution < -0.4 is 34.7 Å². The summed E-state index contributed by atoms with van der Waals surface area (Å²) in [6, 6.07) is 6.17. The maximum atomic E-state index is 10.7. The molecule has 1 aromatic carbocycles. The molecule has 0 aliphatic heterocycles. The summed E-state index contributed by atoms with van der Waals surface area (Å²) in [6.07, 6.45) is 5.39. The standard InChI is InChI=1S/C14H12N4O2S2.Na/c1-9-6-11(18-5-4-15-8-18)3-2-10(9)7-21-14-17-16-12(22-14)13(19)20;/h2-6,8H,7H2,1H3,(H,19,20);/q;+1/p-1. The number of carbonyl (C=O) groups excluding carboxylic acids is 1. The van der Waals surface area contributed by atoms with Crippen molar-refractivity contribution < 1.29 is 39.5 Å². The molecular formula is C14H11N4NaO2S2. The Morgan fingerprint density at radius 2 is 2.22 bits per heavy atom. The average molecular weight is 354 g/mol. The fourth-order valence-electron chi connectivity index (χ4n) is 1.90. The molecule has 0 fully saturated rings. The van der Waals surface area contributed by atoms with Gasteiger partial charge >= 0.3 is 29.6 Å². The maximum absolute atomic E-state index is 10.7. The van der Waals surface area contributed by atoms with Crippen LogP contribution in [0, 0.1) is 6.92 Å². The number of benzene rings is 1. The minimum atomic E-state index is -1.29. The van der Waals surface area contributed by atoms with Crippen LogP contribution >= 0.6 is 23.1 Å². The zero-order chi connectivity index (χ0) is 15.5. The van der Waals surface area contributed by atoms with Crippen LogP contribution in [0.3, 0.4) is 0 Å². The van der Waals surface area contributed by atoms with Crippen molar-refractivity contribution in [2.24, 2.45) is 0 Å². The number of carbonyl (C=O) groups is 1. The monoisotopic (exact) mass is 354 g/mol. The molecular weight excluding hydrogens is 343 g/mol. The molecule has 3 aromatic rings. The Morgan fingerprint density at radius 1 is 1.39 bits per heavy atom. The fraction of sp³-hybridized carbons (Fsp3) is 0.143. The van der Waals surface area contributed by atoms with Crippen LogP contribution in [0.25, 0.3) is 5.69 Å². The molecule has 0 radical (unpaired) electrons. The molecule has 0 spiro atoms. The normalized spacial score (nSPS) is 10.3. The third-order valence-corrected chi connectivity index (χ3v) is 5.15. The van der Waals surface area contributed by atoms with Crippen molar-refractivity contribution in [2.45, 2.75) is 17.0 Å². The van der Waals surface area contributed by atoms with Gasteiger partial charge in [-0.05, 0) is 30.2 Å². The van der Waals surface area contributed by atoms with Gasteiger partial charge in [-0.3, -0.25) is 0 Å². The van der Waals surface area contributed by atoms with Gasteiger partial charge in [0.25, 0.3) is 0 Å². The Morgan fingerprint density at radius 3 is 2.83 bits per heavy atom. The van der Waals surface area contributed by atoms with E-state index in [0.29, 0.717) is 10.1 Å². The van der Waals surface area contributed by atoms with Gasteiger partial charge in [-0.2, -0.15) is 0 Å². The predicted molar refractivity (Wildman–Crippen MR) is 82.1 cm³/mol. The van der Waals surface area contributed by atoms with Crippen LogP contribution in [0.5, 0.6) is 0 Å². The number of carboxylic acids is 1. The van der Waals surface area contributed by atoms with Gasteiger partial charge in [0.1, 0.15) is 5.97 Å². The van der Waals surface area contributed by atoms with Gasteiger partial charge in [0.2, 0.25) is 0 Å². The molecule has 0 aliphatic carbocycles. The van der Waals surface area contributed by atoms with Gasteiger partial charge in [0.15, 0.2) is 9.35 Å². The third-order valence-electron chi connectivity index (χ3n) is 3.06. The van der Waals surface area contributed by atoms with E-state index >= 15 is 0 Å². The van der Waals surface area contributed by atoms with Crippen molar-refractivity contribution in [2.75, 3.05) is 0 Å². The first kappa shape index (κ1) is 18.2. The summed E-state index contributed by atoms with van der Waals surface area (Å²) < 4.78 is 2.57. The second-order valence-corrected chi connectivity index (χ2v) is 6.73. The number of nitrogens with zero attached hydrogens (tertiary/aromatic N) is 4. The molecule has 0 aliphatic rings. The van der Waals surface area contributed by atoms with Crippen LogP contribution in [-0.4, -0.2) is 25.7 Å². The molecule has 0 saturated heterocycles. The van der Waals surface area contributed by atoms with Crippen molar-refractivity contribution in [1.29, 1.82) is 0 Å². The van der Waals surface area contributed by atoms with E-state index in [2.05, 4.69) is 27.3 Å². The molecule has 23 heavy (non-hydrogen) atoms. The number of aromatic carboxylic acids is 1. The molecule has 6 nitrogen and oxygen atoms in total. The van der Waals surface area contributed by atoms with E-state index in [-0.39, 0.29) is 34.6 Å². The Kier molecular flexibility index (Phi) is 6.37. The van der Waals surface area contributed by atoms with Crippen LogP contribution in [-0.2, 0) is 5.75 Å². The van der Waals surface area contributed by atoms with Crippen molar-refractivity contribution in [1.82, 2.24) is 19.7 Å². The van der Waals surface area contributed by atoms with Gasteiger partial charge in [-0.25, -0.2) is 4.98 Å². The summed E-state index contributed by atoms with van der Waals surface area (Å²) in [5, 5.41) is 18.0. The fourth-order valence-corrected chi connectivity index (χ4v) is 3.67. The molecule has 112 valence electrons. The number of aromatic nitrogens is 4. The second kappa shape index (κ2) is 8.07. The van der Waals surface area contributed by atoms with Crippen LogP contribution in [0.1, 0.15) is 20.9 Å². The number of carboxylic acid groups (broad SMARTS) is 1. The minimum absolute atomic E-state index is 0. The topological polar surface area (TPSA) is 83.7 Å². The summed E-state index contributed by atoms with van der Waals surface area (Å²) in [7, 11) is 0. The van der Waals surface area contributed by atoms with Crippen molar-refractivity contribution in [3.05, 3.63) is 53.1 Å². The SMILES string of the molecule is Cc1cc(-n2ccnc2)ccc1CSc1nnc(C(=O)[O-])s1.[Na+]. The van der Waals surface area contributed by atoms with Gasteiger partial charge in [0.05, 0.1) is 6.33 Å². The zero-order valence-corrected chi connectivity index (χ0v) is 16.2. The Bertz CT molecular complexity index is 805. The maximum Gasteiger partial charge on any atom is 1.00 e. The number of aryl methyl sites for hydroxylation is 1. The number of hydrogen-bond acceptors (Lipinski definition) is 7. The molecule has 0 amide bonds. The first-order valence-corrected chi connectivity index (χ1v) is 8.19. The smallest absolute Gasteiger partial charge is 0.542 e. The first-order valence-electron chi connectivity index (χ1n) is 6.39. The number of rotatable bonds is 5. The molecule has 0 N–H and O–H groups in total. The van der Waals surface area contributed by atoms with Crippen molar-refractivity contribution in [3.63, 3.8) is 0 Å². The molecule has 0 atom stereocenters. The van der Waals surface area contributed by atoms with Crippen LogP contribution in [0.4, 0.5) is 0 Å². The van der Waals surface area contributed by atoms with E-state index in [9.17, 15) is 9.90 Å². The summed E-state index contributed by atoms with van der Waals surface area (Å²) in [6.45, 7) is 2.04. The van der Waals surface area contributed by atoms with E-state index in [1.807, 2.05) is 23.8 Å². The van der Waals surface area contributed by atoms with E-state index in [0.717, 1.165) is 22.6 Å². The largest absolute Gasteiger partial charge is 1.00 e. The molecule has 2 heterocycles. The van der Waals surface area contributed by atoms with E-state index in [4.69, 9.17) is 0 Å². The summed E-state index contributed by atoms with van der Waals surface area (Å²) in [4.78, 5) is 14.7. The zero-order valence-electron chi connectivity index (χ0n) is 12.6. The van der Waals surface area contributed by atoms with Gasteiger partial charge in [-0.15, -0.1) is 10.2 Å². The first-order chi connectivity index (χ1) is 10.6. The molecule has 3 rings (SSSR count).